The van der Waals surface area contributed by atoms with Gasteiger partial charge in [-0.2, -0.15) is 0 Å². The first kappa shape index (κ1) is 10.6. The highest BCUT2D eigenvalue weighted by atomic mass is 31.2. The second-order valence-electron chi connectivity index (χ2n) is 3.26. The van der Waals surface area contributed by atoms with Gasteiger partial charge in [-0.25, -0.2) is 9.57 Å². The summed E-state index contributed by atoms with van der Waals surface area (Å²) < 4.78 is 22.4. The molecule has 1 aromatic carbocycles. The van der Waals surface area contributed by atoms with E-state index >= 15 is 0 Å². The van der Waals surface area contributed by atoms with Gasteiger partial charge in [0.1, 0.15) is 5.75 Å². The number of nitrogens with one attached hydrogen (secondary N) is 1. The lowest BCUT2D eigenvalue weighted by molar-refractivity contribution is 0.134. The lowest BCUT2D eigenvalue weighted by Gasteiger charge is -2.29. The zero-order valence-corrected chi connectivity index (χ0v) is 9.31. The number of hydrazine groups is 1. The van der Waals surface area contributed by atoms with Crippen LogP contribution in [0.4, 0.5) is 0 Å². The van der Waals surface area contributed by atoms with Crippen LogP contribution in [0.25, 0.3) is 0 Å². The molecule has 1 atom stereocenters. The van der Waals surface area contributed by atoms with E-state index < -0.39 is 7.75 Å². The molecule has 6 heteroatoms. The molecule has 2 rings (SSSR count). The van der Waals surface area contributed by atoms with Gasteiger partial charge < -0.3 is 4.52 Å². The average molecular weight is 228 g/mol. The maximum Gasteiger partial charge on any atom is 0.472 e. The Labute approximate surface area is 88.5 Å². The quantitative estimate of drug-likeness (QED) is 0.780. The molecule has 1 heterocycles. The second-order valence-corrected chi connectivity index (χ2v) is 4.89. The van der Waals surface area contributed by atoms with Crippen molar-refractivity contribution >= 4 is 7.75 Å². The molecule has 1 saturated heterocycles. The average Bonchev–Trinajstić information content (AvgIpc) is 2.18. The Morgan fingerprint density at radius 3 is 2.87 bits per heavy atom. The van der Waals surface area contributed by atoms with Gasteiger partial charge in [0.25, 0.3) is 0 Å². The molecule has 1 aliphatic heterocycles. The molecule has 0 aliphatic carbocycles. The van der Waals surface area contributed by atoms with Gasteiger partial charge in [-0.15, -0.1) is 5.20 Å². The highest BCUT2D eigenvalue weighted by Gasteiger charge is 2.31. The molecule has 0 aromatic heterocycles. The lowest BCUT2D eigenvalue weighted by Crippen LogP contribution is -2.40. The Balaban J connectivity index is 2.07. The fourth-order valence-electron chi connectivity index (χ4n) is 1.25. The van der Waals surface area contributed by atoms with E-state index in [1.54, 1.807) is 24.2 Å². The van der Waals surface area contributed by atoms with Gasteiger partial charge in [0.05, 0.1) is 6.61 Å². The van der Waals surface area contributed by atoms with Crippen LogP contribution in [-0.2, 0) is 9.09 Å². The van der Waals surface area contributed by atoms with E-state index in [0.717, 1.165) is 0 Å². The molecule has 1 aliphatic rings. The summed E-state index contributed by atoms with van der Waals surface area (Å²) in [5.41, 5.74) is 0. The predicted octanol–water partition coefficient (Wildman–Crippen LogP) is 1.64. The molecular weight excluding hydrogens is 215 g/mol. The summed E-state index contributed by atoms with van der Waals surface area (Å²) in [5.74, 6) is 0.531. The number of rotatable bonds is 2. The zero-order chi connectivity index (χ0) is 10.7. The number of para-hydroxylation sites is 1. The van der Waals surface area contributed by atoms with E-state index in [1.165, 1.54) is 0 Å². The van der Waals surface area contributed by atoms with E-state index in [0.29, 0.717) is 18.9 Å². The summed E-state index contributed by atoms with van der Waals surface area (Å²) in [7, 11) is -1.42. The summed E-state index contributed by atoms with van der Waals surface area (Å²) in [6.45, 7) is 1.08. The van der Waals surface area contributed by atoms with Crippen molar-refractivity contribution in [3.05, 3.63) is 30.3 Å². The summed E-state index contributed by atoms with van der Waals surface area (Å²) in [5, 5.41) is 4.39. The zero-order valence-electron chi connectivity index (χ0n) is 8.42. The molecule has 0 spiro atoms. The van der Waals surface area contributed by atoms with Crippen molar-refractivity contribution in [1.29, 1.82) is 0 Å². The lowest BCUT2D eigenvalue weighted by atomic mass is 10.3. The Morgan fingerprint density at radius 1 is 1.47 bits per heavy atom. The smallest absolute Gasteiger partial charge is 0.412 e. The molecule has 0 radical (unpaired) electrons. The van der Waals surface area contributed by atoms with E-state index in [4.69, 9.17) is 9.05 Å². The minimum Gasteiger partial charge on any atom is -0.412 e. The number of hydrogen-bond donors (Lipinski definition) is 1. The fourth-order valence-corrected chi connectivity index (χ4v) is 2.64. The van der Waals surface area contributed by atoms with E-state index in [-0.39, 0.29) is 0 Å². The molecule has 0 amide bonds. The van der Waals surface area contributed by atoms with Crippen molar-refractivity contribution in [3.8, 4) is 5.75 Å². The third-order valence-corrected chi connectivity index (χ3v) is 3.51. The van der Waals surface area contributed by atoms with Crippen molar-refractivity contribution in [1.82, 2.24) is 10.2 Å². The maximum atomic E-state index is 12.0. The standard InChI is InChI=1S/C9H13N2O3P/c1-11-7-8-13-15(12,10-11)14-9-5-3-2-4-6-9/h2-6H,7-8H2,1H3,(H,10,12). The molecule has 1 N–H and O–H groups in total. The van der Waals surface area contributed by atoms with Crippen LogP contribution in [0, 0.1) is 0 Å². The summed E-state index contributed by atoms with van der Waals surface area (Å²) in [6.07, 6.45) is 0. The van der Waals surface area contributed by atoms with Crippen LogP contribution in [0.1, 0.15) is 0 Å². The van der Waals surface area contributed by atoms with Gasteiger partial charge >= 0.3 is 7.75 Å². The van der Waals surface area contributed by atoms with Gasteiger partial charge in [-0.3, -0.25) is 4.52 Å². The molecule has 15 heavy (non-hydrogen) atoms. The van der Waals surface area contributed by atoms with Crippen LogP contribution >= 0.6 is 7.75 Å². The van der Waals surface area contributed by atoms with Gasteiger partial charge in [0.2, 0.25) is 0 Å². The highest BCUT2D eigenvalue weighted by molar-refractivity contribution is 7.52. The number of nitrogens with zero attached hydrogens (tertiary/aromatic N) is 1. The Bertz CT molecular complexity index is 371. The topological polar surface area (TPSA) is 50.8 Å². The van der Waals surface area contributed by atoms with Crippen LogP contribution in [0.3, 0.4) is 0 Å². The number of hydrogen-bond acceptors (Lipinski definition) is 4. The van der Waals surface area contributed by atoms with Crippen LogP contribution in [0.5, 0.6) is 5.75 Å². The van der Waals surface area contributed by atoms with Crippen LogP contribution < -0.4 is 9.72 Å². The van der Waals surface area contributed by atoms with E-state index in [1.807, 2.05) is 18.2 Å². The van der Waals surface area contributed by atoms with Crippen molar-refractivity contribution < 1.29 is 13.6 Å². The SMILES string of the molecule is CN1CCOP(=O)(Oc2ccccc2)N1. The molecule has 0 bridgehead atoms. The van der Waals surface area contributed by atoms with Crippen molar-refractivity contribution in [2.75, 3.05) is 20.2 Å². The van der Waals surface area contributed by atoms with Crippen LogP contribution in [0.15, 0.2) is 30.3 Å². The first-order valence-corrected chi connectivity index (χ1v) is 6.20. The highest BCUT2D eigenvalue weighted by Crippen LogP contribution is 2.45. The third kappa shape index (κ3) is 2.79. The monoisotopic (exact) mass is 228 g/mol. The minimum atomic E-state index is -3.22. The van der Waals surface area contributed by atoms with E-state index in [2.05, 4.69) is 5.20 Å². The van der Waals surface area contributed by atoms with Gasteiger partial charge in [-0.1, -0.05) is 18.2 Å². The Hall–Kier alpha value is -0.870. The summed E-state index contributed by atoms with van der Waals surface area (Å²) in [6, 6.07) is 8.97. The number of benzene rings is 1. The Kier molecular flexibility index (Phi) is 3.07. The van der Waals surface area contributed by atoms with E-state index in [9.17, 15) is 4.57 Å². The van der Waals surface area contributed by atoms with Crippen LogP contribution in [0.2, 0.25) is 0 Å². The summed E-state index contributed by atoms with van der Waals surface area (Å²) in [4.78, 5) is 0. The minimum absolute atomic E-state index is 0.396. The molecule has 1 fully saturated rings. The summed E-state index contributed by atoms with van der Waals surface area (Å²) >= 11 is 0. The molecule has 82 valence electrons. The van der Waals surface area contributed by atoms with Gasteiger partial charge in [0, 0.05) is 13.6 Å². The molecule has 0 saturated carbocycles. The maximum absolute atomic E-state index is 12.0. The largest absolute Gasteiger partial charge is 0.472 e. The normalized spacial score (nSPS) is 27.5. The van der Waals surface area contributed by atoms with Crippen molar-refractivity contribution in [2.24, 2.45) is 0 Å². The molecule has 5 nitrogen and oxygen atoms in total. The third-order valence-electron chi connectivity index (χ3n) is 1.95. The second kappa shape index (κ2) is 4.33. The first-order valence-electron chi connectivity index (χ1n) is 4.66. The molecule has 1 aromatic rings. The van der Waals surface area contributed by atoms with Crippen LogP contribution in [-0.4, -0.2) is 25.2 Å². The first-order chi connectivity index (χ1) is 7.18. The van der Waals surface area contributed by atoms with Gasteiger partial charge in [0.15, 0.2) is 0 Å². The molecule has 1 unspecified atom stereocenters. The molecular formula is C9H13N2O3P. The Morgan fingerprint density at radius 2 is 2.20 bits per heavy atom. The van der Waals surface area contributed by atoms with Gasteiger partial charge in [-0.05, 0) is 12.1 Å². The fraction of sp³-hybridized carbons (Fsp3) is 0.333. The van der Waals surface area contributed by atoms with Crippen molar-refractivity contribution in [3.63, 3.8) is 0 Å². The number of likely N-dealkylation sites (N-methyl/N-ethyl adjacent to an activating group) is 1. The predicted molar refractivity (Wildman–Crippen MR) is 56.4 cm³/mol. The van der Waals surface area contributed by atoms with Crippen molar-refractivity contribution in [2.45, 2.75) is 0 Å².